The van der Waals surface area contributed by atoms with E-state index in [-0.39, 0.29) is 11.7 Å². The number of ether oxygens (including phenoxy) is 1. The summed E-state index contributed by atoms with van der Waals surface area (Å²) in [5.41, 5.74) is 1.88. The highest BCUT2D eigenvalue weighted by atomic mass is 19.1. The summed E-state index contributed by atoms with van der Waals surface area (Å²) in [6, 6.07) is 3.80. The Balaban J connectivity index is 2.39. The van der Waals surface area contributed by atoms with E-state index >= 15 is 0 Å². The van der Waals surface area contributed by atoms with E-state index in [9.17, 15) is 4.39 Å². The fourth-order valence-electron chi connectivity index (χ4n) is 2.60. The van der Waals surface area contributed by atoms with E-state index in [2.05, 4.69) is 5.32 Å². The highest BCUT2D eigenvalue weighted by Gasteiger charge is 2.21. The Labute approximate surface area is 109 Å². The summed E-state index contributed by atoms with van der Waals surface area (Å²) in [4.78, 5) is 0. The first-order valence-electron chi connectivity index (χ1n) is 6.74. The second-order valence-corrected chi connectivity index (χ2v) is 5.27. The molecule has 1 N–H and O–H groups in total. The molecule has 1 atom stereocenters. The molecule has 0 bridgehead atoms. The summed E-state index contributed by atoms with van der Waals surface area (Å²) in [7, 11) is 1.61. The van der Waals surface area contributed by atoms with Gasteiger partial charge in [-0.1, -0.05) is 20.3 Å². The zero-order valence-corrected chi connectivity index (χ0v) is 11.4. The van der Waals surface area contributed by atoms with E-state index in [0.29, 0.717) is 11.8 Å². The number of hydrogen-bond acceptors (Lipinski definition) is 2. The van der Waals surface area contributed by atoms with Crippen LogP contribution in [0.5, 0.6) is 5.75 Å². The summed E-state index contributed by atoms with van der Waals surface area (Å²) in [6.45, 7) is 5.06. The minimum absolute atomic E-state index is 0.165. The number of hydrogen-bond donors (Lipinski definition) is 1. The highest BCUT2D eigenvalue weighted by molar-refractivity contribution is 5.41. The molecule has 1 saturated heterocycles. The van der Waals surface area contributed by atoms with Crippen molar-refractivity contribution in [2.45, 2.75) is 45.1 Å². The second kappa shape index (κ2) is 5.70. The van der Waals surface area contributed by atoms with Crippen molar-refractivity contribution in [3.63, 3.8) is 0 Å². The van der Waals surface area contributed by atoms with Crippen LogP contribution in [-0.2, 0) is 0 Å². The Morgan fingerprint density at radius 2 is 2.11 bits per heavy atom. The molecule has 2 nitrogen and oxygen atoms in total. The summed E-state index contributed by atoms with van der Waals surface area (Å²) in [5, 5.41) is 3.49. The van der Waals surface area contributed by atoms with Gasteiger partial charge in [0.25, 0.3) is 0 Å². The lowest BCUT2D eigenvalue weighted by Crippen LogP contribution is -2.27. The number of halogens is 1. The van der Waals surface area contributed by atoms with Gasteiger partial charge in [0.2, 0.25) is 0 Å². The maximum absolute atomic E-state index is 13.9. The third-order valence-electron chi connectivity index (χ3n) is 3.66. The van der Waals surface area contributed by atoms with Gasteiger partial charge in [-0.3, -0.25) is 0 Å². The van der Waals surface area contributed by atoms with Gasteiger partial charge in [-0.25, -0.2) is 4.39 Å². The van der Waals surface area contributed by atoms with Gasteiger partial charge in [-0.2, -0.15) is 0 Å². The van der Waals surface area contributed by atoms with Crippen molar-refractivity contribution < 1.29 is 9.13 Å². The molecule has 18 heavy (non-hydrogen) atoms. The van der Waals surface area contributed by atoms with Crippen molar-refractivity contribution in [2.75, 3.05) is 13.7 Å². The maximum Gasteiger partial charge on any atom is 0.130 e. The normalized spacial score (nSPS) is 20.2. The quantitative estimate of drug-likeness (QED) is 0.883. The molecular weight excluding hydrogens is 229 g/mol. The lowest BCUT2D eigenvalue weighted by Gasteiger charge is -2.26. The van der Waals surface area contributed by atoms with Crippen molar-refractivity contribution in [1.29, 1.82) is 0 Å². The van der Waals surface area contributed by atoms with E-state index in [4.69, 9.17) is 4.74 Å². The second-order valence-electron chi connectivity index (χ2n) is 5.27. The molecule has 3 heteroatoms. The van der Waals surface area contributed by atoms with Gasteiger partial charge in [0.1, 0.15) is 11.6 Å². The molecule has 0 aromatic heterocycles. The van der Waals surface area contributed by atoms with Crippen molar-refractivity contribution in [1.82, 2.24) is 5.32 Å². The molecule has 1 heterocycles. The van der Waals surface area contributed by atoms with Crippen LogP contribution in [0.25, 0.3) is 0 Å². The number of methoxy groups -OCH3 is 1. The van der Waals surface area contributed by atoms with Crippen molar-refractivity contribution >= 4 is 0 Å². The Morgan fingerprint density at radius 3 is 2.67 bits per heavy atom. The molecule has 1 aliphatic heterocycles. The lowest BCUT2D eigenvalue weighted by atomic mass is 9.92. The molecule has 0 aliphatic carbocycles. The lowest BCUT2D eigenvalue weighted by molar-refractivity contribution is 0.370. The van der Waals surface area contributed by atoms with Crippen LogP contribution < -0.4 is 10.1 Å². The van der Waals surface area contributed by atoms with Gasteiger partial charge in [-0.15, -0.1) is 0 Å². The van der Waals surface area contributed by atoms with Gasteiger partial charge < -0.3 is 10.1 Å². The van der Waals surface area contributed by atoms with Crippen LogP contribution in [0.3, 0.4) is 0 Å². The van der Waals surface area contributed by atoms with Gasteiger partial charge >= 0.3 is 0 Å². The monoisotopic (exact) mass is 251 g/mol. The van der Waals surface area contributed by atoms with Crippen molar-refractivity contribution in [3.8, 4) is 5.75 Å². The molecule has 100 valence electrons. The third kappa shape index (κ3) is 2.66. The van der Waals surface area contributed by atoms with Crippen LogP contribution in [0.2, 0.25) is 0 Å². The first kappa shape index (κ1) is 13.3. The zero-order valence-electron chi connectivity index (χ0n) is 11.4. The fourth-order valence-corrected chi connectivity index (χ4v) is 2.60. The Bertz CT molecular complexity index is 411. The predicted octanol–water partition coefficient (Wildman–Crippen LogP) is 3.77. The minimum Gasteiger partial charge on any atom is -0.496 e. The number of rotatable bonds is 3. The van der Waals surface area contributed by atoms with Crippen LogP contribution in [0, 0.1) is 5.82 Å². The smallest absolute Gasteiger partial charge is 0.130 e. The first-order valence-corrected chi connectivity index (χ1v) is 6.74. The summed E-state index contributed by atoms with van der Waals surface area (Å²) in [6.07, 6.45) is 3.53. The van der Waals surface area contributed by atoms with Crippen LogP contribution in [0.1, 0.15) is 56.2 Å². The van der Waals surface area contributed by atoms with Crippen LogP contribution in [0.15, 0.2) is 12.1 Å². The molecule has 1 aliphatic rings. The average molecular weight is 251 g/mol. The van der Waals surface area contributed by atoms with Gasteiger partial charge in [0, 0.05) is 17.7 Å². The SMILES string of the molecule is COc1cc(F)c(C(C)C)cc1C1CCCCN1. The van der Waals surface area contributed by atoms with E-state index in [1.54, 1.807) is 7.11 Å². The third-order valence-corrected chi connectivity index (χ3v) is 3.66. The molecule has 1 aromatic rings. The minimum atomic E-state index is -0.165. The molecule has 1 unspecified atom stereocenters. The molecule has 0 amide bonds. The van der Waals surface area contributed by atoms with E-state index in [1.807, 2.05) is 19.9 Å². The van der Waals surface area contributed by atoms with E-state index in [0.717, 1.165) is 24.1 Å². The van der Waals surface area contributed by atoms with E-state index in [1.165, 1.54) is 18.9 Å². The zero-order chi connectivity index (χ0) is 13.1. The summed E-state index contributed by atoms with van der Waals surface area (Å²) >= 11 is 0. The summed E-state index contributed by atoms with van der Waals surface area (Å²) in [5.74, 6) is 0.691. The predicted molar refractivity (Wildman–Crippen MR) is 71.6 cm³/mol. The number of piperidine rings is 1. The molecule has 0 radical (unpaired) electrons. The van der Waals surface area contributed by atoms with E-state index < -0.39 is 0 Å². The van der Waals surface area contributed by atoms with Gasteiger partial charge in [0.15, 0.2) is 0 Å². The molecule has 0 spiro atoms. The molecule has 1 aromatic carbocycles. The fraction of sp³-hybridized carbons (Fsp3) is 0.600. The van der Waals surface area contributed by atoms with Crippen molar-refractivity contribution in [2.24, 2.45) is 0 Å². The number of benzene rings is 1. The Morgan fingerprint density at radius 1 is 1.33 bits per heavy atom. The number of nitrogens with one attached hydrogen (secondary N) is 1. The molecular formula is C15H22FNO. The van der Waals surface area contributed by atoms with Gasteiger partial charge in [-0.05, 0) is 36.9 Å². The molecule has 2 rings (SSSR count). The Hall–Kier alpha value is -1.09. The highest BCUT2D eigenvalue weighted by Crippen LogP contribution is 2.34. The van der Waals surface area contributed by atoms with Crippen molar-refractivity contribution in [3.05, 3.63) is 29.1 Å². The summed E-state index contributed by atoms with van der Waals surface area (Å²) < 4.78 is 19.3. The maximum atomic E-state index is 13.9. The standard InChI is InChI=1S/C15H22FNO/c1-10(2)11-8-12(14-6-4-5-7-17-14)15(18-3)9-13(11)16/h8-10,14,17H,4-7H2,1-3H3. The topological polar surface area (TPSA) is 21.3 Å². The largest absolute Gasteiger partial charge is 0.496 e. The van der Waals surface area contributed by atoms with Crippen LogP contribution in [-0.4, -0.2) is 13.7 Å². The van der Waals surface area contributed by atoms with Crippen LogP contribution >= 0.6 is 0 Å². The average Bonchev–Trinajstić information content (AvgIpc) is 2.39. The molecule has 0 saturated carbocycles. The van der Waals surface area contributed by atoms with Crippen LogP contribution in [0.4, 0.5) is 4.39 Å². The Kier molecular flexibility index (Phi) is 4.23. The first-order chi connectivity index (χ1) is 8.63. The molecule has 1 fully saturated rings. The van der Waals surface area contributed by atoms with Gasteiger partial charge in [0.05, 0.1) is 7.11 Å².